The van der Waals surface area contributed by atoms with Crippen LogP contribution in [0.15, 0.2) is 48.5 Å². The van der Waals surface area contributed by atoms with Gasteiger partial charge in [-0.2, -0.15) is 13.2 Å². The van der Waals surface area contributed by atoms with E-state index in [0.29, 0.717) is 31.0 Å². The third kappa shape index (κ3) is 5.73. The van der Waals surface area contributed by atoms with Crippen LogP contribution in [0.25, 0.3) is 0 Å². The second-order valence-corrected chi connectivity index (χ2v) is 7.13. The number of halogens is 3. The summed E-state index contributed by atoms with van der Waals surface area (Å²) in [5.41, 5.74) is 0.529. The highest BCUT2D eigenvalue weighted by Gasteiger charge is 2.31. The molecule has 0 aromatic heterocycles. The van der Waals surface area contributed by atoms with Crippen LogP contribution in [0.1, 0.15) is 35.6 Å². The highest BCUT2D eigenvalue weighted by atomic mass is 19.4. The van der Waals surface area contributed by atoms with E-state index in [1.165, 1.54) is 12.1 Å². The molecule has 2 atom stereocenters. The Hall–Kier alpha value is -2.58. The Morgan fingerprint density at radius 2 is 1.93 bits per heavy atom. The van der Waals surface area contributed by atoms with Gasteiger partial charge in [-0.25, -0.2) is 0 Å². The van der Waals surface area contributed by atoms with E-state index < -0.39 is 17.8 Å². The summed E-state index contributed by atoms with van der Waals surface area (Å²) in [5.74, 6) is 0.344. The standard InChI is InChI=1S/C22H25F3N2O3/c1-29-19-7-3-2-5-16(19)13-26-20(21(28)27-14-18-6-4-12-30-18)15-8-10-17(11-9-15)22(23,24)25/h2-3,5,7-11,18,20,26H,4,6,12-14H2,1H3,(H,27,28). The summed E-state index contributed by atoms with van der Waals surface area (Å²) in [6, 6.07) is 11.2. The number of carbonyl (C=O) groups is 1. The van der Waals surface area contributed by atoms with Gasteiger partial charge < -0.3 is 14.8 Å². The zero-order valence-electron chi connectivity index (χ0n) is 16.7. The summed E-state index contributed by atoms with van der Waals surface area (Å²) < 4.78 is 49.6. The zero-order chi connectivity index (χ0) is 21.6. The third-order valence-electron chi connectivity index (χ3n) is 5.05. The topological polar surface area (TPSA) is 59.6 Å². The van der Waals surface area contributed by atoms with Gasteiger partial charge in [0.25, 0.3) is 0 Å². The molecule has 8 heteroatoms. The molecule has 0 aliphatic carbocycles. The van der Waals surface area contributed by atoms with E-state index in [-0.39, 0.29) is 12.0 Å². The molecule has 1 fully saturated rings. The van der Waals surface area contributed by atoms with Gasteiger partial charge in [-0.3, -0.25) is 10.1 Å². The number of hydrogen-bond donors (Lipinski definition) is 2. The zero-order valence-corrected chi connectivity index (χ0v) is 16.7. The summed E-state index contributed by atoms with van der Waals surface area (Å²) in [4.78, 5) is 12.9. The number of carbonyl (C=O) groups excluding carboxylic acids is 1. The van der Waals surface area contributed by atoms with Crippen molar-refractivity contribution in [3.05, 3.63) is 65.2 Å². The lowest BCUT2D eigenvalue weighted by Gasteiger charge is -2.21. The maximum absolute atomic E-state index is 12.9. The Morgan fingerprint density at radius 3 is 2.57 bits per heavy atom. The fourth-order valence-corrected chi connectivity index (χ4v) is 3.41. The van der Waals surface area contributed by atoms with E-state index in [0.717, 1.165) is 30.5 Å². The number of ether oxygens (including phenoxy) is 2. The second kappa shape index (κ2) is 9.95. The van der Waals surface area contributed by atoms with Crippen molar-refractivity contribution in [2.75, 3.05) is 20.3 Å². The first-order chi connectivity index (χ1) is 14.4. The number of methoxy groups -OCH3 is 1. The smallest absolute Gasteiger partial charge is 0.416 e. The maximum atomic E-state index is 12.9. The molecule has 1 heterocycles. The molecule has 2 aromatic rings. The van der Waals surface area contributed by atoms with Gasteiger partial charge in [-0.1, -0.05) is 30.3 Å². The van der Waals surface area contributed by atoms with E-state index in [9.17, 15) is 18.0 Å². The van der Waals surface area contributed by atoms with Gasteiger partial charge >= 0.3 is 6.18 Å². The van der Waals surface area contributed by atoms with Crippen molar-refractivity contribution in [3.63, 3.8) is 0 Å². The number of hydrogen-bond acceptors (Lipinski definition) is 4. The lowest BCUT2D eigenvalue weighted by atomic mass is 10.0. The summed E-state index contributed by atoms with van der Waals surface area (Å²) in [5, 5.41) is 6.00. The maximum Gasteiger partial charge on any atom is 0.416 e. The molecule has 5 nitrogen and oxygen atoms in total. The molecule has 2 unspecified atom stereocenters. The summed E-state index contributed by atoms with van der Waals surface area (Å²) in [6.07, 6.45) is -2.63. The van der Waals surface area contributed by atoms with Crippen LogP contribution >= 0.6 is 0 Å². The number of benzene rings is 2. The van der Waals surface area contributed by atoms with E-state index in [1.807, 2.05) is 24.3 Å². The molecule has 0 radical (unpaired) electrons. The Balaban J connectivity index is 1.75. The summed E-state index contributed by atoms with van der Waals surface area (Å²) >= 11 is 0. The summed E-state index contributed by atoms with van der Waals surface area (Å²) in [7, 11) is 1.56. The molecule has 1 aliphatic heterocycles. The molecule has 3 rings (SSSR count). The van der Waals surface area contributed by atoms with Gasteiger partial charge in [-0.05, 0) is 36.6 Å². The number of nitrogens with one attached hydrogen (secondary N) is 2. The highest BCUT2D eigenvalue weighted by Crippen LogP contribution is 2.30. The molecule has 0 spiro atoms. The van der Waals surface area contributed by atoms with Gasteiger partial charge in [-0.15, -0.1) is 0 Å². The molecule has 162 valence electrons. The minimum absolute atomic E-state index is 0.0311. The molecule has 30 heavy (non-hydrogen) atoms. The minimum atomic E-state index is -4.43. The van der Waals surface area contributed by atoms with E-state index in [2.05, 4.69) is 10.6 Å². The molecule has 1 aliphatic rings. The Kier molecular flexibility index (Phi) is 7.33. The third-order valence-corrected chi connectivity index (χ3v) is 5.05. The van der Waals surface area contributed by atoms with Crippen LogP contribution in [0, 0.1) is 0 Å². The Bertz CT molecular complexity index is 834. The van der Waals surface area contributed by atoms with Crippen LogP contribution in [0.5, 0.6) is 5.75 Å². The first-order valence-electron chi connectivity index (χ1n) is 9.80. The van der Waals surface area contributed by atoms with Crippen molar-refractivity contribution in [2.45, 2.75) is 37.7 Å². The lowest BCUT2D eigenvalue weighted by Crippen LogP contribution is -2.40. The molecular formula is C22H25F3N2O3. The van der Waals surface area contributed by atoms with Crippen molar-refractivity contribution in [3.8, 4) is 5.75 Å². The van der Waals surface area contributed by atoms with Crippen LogP contribution < -0.4 is 15.4 Å². The number of rotatable bonds is 8. The van der Waals surface area contributed by atoms with Gasteiger partial charge in [0.15, 0.2) is 0 Å². The van der Waals surface area contributed by atoms with Gasteiger partial charge in [0.05, 0.1) is 18.8 Å². The van der Waals surface area contributed by atoms with Crippen LogP contribution in [0.2, 0.25) is 0 Å². The second-order valence-electron chi connectivity index (χ2n) is 7.13. The number of para-hydroxylation sites is 1. The van der Waals surface area contributed by atoms with Crippen molar-refractivity contribution >= 4 is 5.91 Å². The molecule has 2 aromatic carbocycles. The van der Waals surface area contributed by atoms with Crippen molar-refractivity contribution in [1.82, 2.24) is 10.6 Å². The van der Waals surface area contributed by atoms with Crippen molar-refractivity contribution < 1.29 is 27.4 Å². The molecule has 0 saturated carbocycles. The Morgan fingerprint density at radius 1 is 1.20 bits per heavy atom. The lowest BCUT2D eigenvalue weighted by molar-refractivity contribution is -0.137. The largest absolute Gasteiger partial charge is 0.496 e. The molecule has 1 saturated heterocycles. The average Bonchev–Trinajstić information content (AvgIpc) is 3.26. The highest BCUT2D eigenvalue weighted by molar-refractivity contribution is 5.83. The van der Waals surface area contributed by atoms with Gasteiger partial charge in [0, 0.05) is 25.3 Å². The first kappa shape index (κ1) is 22.1. The predicted octanol–water partition coefficient (Wildman–Crippen LogP) is 3.84. The number of alkyl halides is 3. The predicted molar refractivity (Wildman–Crippen MR) is 106 cm³/mol. The molecule has 0 bridgehead atoms. The monoisotopic (exact) mass is 422 g/mol. The van der Waals surface area contributed by atoms with E-state index in [4.69, 9.17) is 9.47 Å². The minimum Gasteiger partial charge on any atom is -0.496 e. The molecular weight excluding hydrogens is 397 g/mol. The van der Waals surface area contributed by atoms with Crippen LogP contribution in [-0.2, 0) is 22.3 Å². The summed E-state index contributed by atoms with van der Waals surface area (Å²) in [6.45, 7) is 1.35. The van der Waals surface area contributed by atoms with Crippen LogP contribution in [-0.4, -0.2) is 32.3 Å². The fraction of sp³-hybridized carbons (Fsp3) is 0.409. The van der Waals surface area contributed by atoms with Crippen LogP contribution in [0.3, 0.4) is 0 Å². The number of amides is 1. The Labute approximate surface area is 173 Å². The van der Waals surface area contributed by atoms with Gasteiger partial charge in [0.2, 0.25) is 5.91 Å². The van der Waals surface area contributed by atoms with E-state index in [1.54, 1.807) is 7.11 Å². The average molecular weight is 422 g/mol. The van der Waals surface area contributed by atoms with Crippen LogP contribution in [0.4, 0.5) is 13.2 Å². The van der Waals surface area contributed by atoms with Crippen molar-refractivity contribution in [1.29, 1.82) is 0 Å². The first-order valence-corrected chi connectivity index (χ1v) is 9.80. The van der Waals surface area contributed by atoms with Crippen molar-refractivity contribution in [2.24, 2.45) is 0 Å². The van der Waals surface area contributed by atoms with Gasteiger partial charge in [0.1, 0.15) is 11.8 Å². The quantitative estimate of drug-likeness (QED) is 0.679. The van der Waals surface area contributed by atoms with E-state index >= 15 is 0 Å². The SMILES string of the molecule is COc1ccccc1CNC(C(=O)NCC1CCCO1)c1ccc(C(F)(F)F)cc1. The normalized spacial score (nSPS) is 17.5. The fourth-order valence-electron chi connectivity index (χ4n) is 3.41. The molecule has 2 N–H and O–H groups in total. The molecule has 1 amide bonds.